The molecule has 1 heterocycles. The molecule has 0 radical (unpaired) electrons. The minimum absolute atomic E-state index is 0.149. The van der Waals surface area contributed by atoms with Crippen molar-refractivity contribution in [3.8, 4) is 16.9 Å². The van der Waals surface area contributed by atoms with Crippen LogP contribution in [0.3, 0.4) is 0 Å². The molecule has 1 aromatic heterocycles. The van der Waals surface area contributed by atoms with Gasteiger partial charge in [0.2, 0.25) is 5.43 Å². The Labute approximate surface area is 177 Å². The van der Waals surface area contributed by atoms with Crippen molar-refractivity contribution in [1.82, 2.24) is 4.57 Å². The molecule has 0 unspecified atom stereocenters. The first-order chi connectivity index (χ1) is 15.0. The van der Waals surface area contributed by atoms with E-state index >= 15 is 0 Å². The van der Waals surface area contributed by atoms with Crippen molar-refractivity contribution in [1.29, 1.82) is 0 Å². The molecule has 0 aliphatic carbocycles. The summed E-state index contributed by atoms with van der Waals surface area (Å²) in [6.45, 7) is 0. The van der Waals surface area contributed by atoms with Crippen molar-refractivity contribution in [2.24, 2.45) is 0 Å². The number of anilines is 1. The molecule has 0 aliphatic rings. The summed E-state index contributed by atoms with van der Waals surface area (Å²) >= 11 is 0. The predicted octanol–water partition coefficient (Wildman–Crippen LogP) is 4.46. The number of carboxylic acids is 1. The van der Waals surface area contributed by atoms with E-state index in [2.05, 4.69) is 5.32 Å². The molecule has 4 aromatic rings. The summed E-state index contributed by atoms with van der Waals surface area (Å²) in [4.78, 5) is 37.2. The Morgan fingerprint density at radius 3 is 2.29 bits per heavy atom. The average Bonchev–Trinajstić information content (AvgIpc) is 2.79. The van der Waals surface area contributed by atoms with Crippen molar-refractivity contribution in [3.05, 3.63) is 94.8 Å². The van der Waals surface area contributed by atoms with Crippen LogP contribution >= 0.6 is 0 Å². The van der Waals surface area contributed by atoms with Crippen molar-refractivity contribution in [3.63, 3.8) is 0 Å². The van der Waals surface area contributed by atoms with Crippen LogP contribution in [-0.2, 0) is 0 Å². The molecule has 1 amide bonds. The summed E-state index contributed by atoms with van der Waals surface area (Å²) in [6.07, 6.45) is 1.05. The third-order valence-corrected chi connectivity index (χ3v) is 4.93. The maximum absolute atomic E-state index is 13.2. The van der Waals surface area contributed by atoms with E-state index in [0.717, 1.165) is 21.9 Å². The number of nitrogens with zero attached hydrogens (tertiary/aromatic N) is 1. The molecule has 0 spiro atoms. The molecule has 3 aromatic carbocycles. The monoisotopic (exact) mass is 414 g/mol. The van der Waals surface area contributed by atoms with Crippen LogP contribution in [0.5, 0.6) is 5.75 Å². The Balaban J connectivity index is 1.82. The molecule has 0 atom stereocenters. The fraction of sp³-hybridized carbons (Fsp3) is 0.0417. The van der Waals surface area contributed by atoms with E-state index in [4.69, 9.17) is 4.74 Å². The molecule has 154 valence electrons. The van der Waals surface area contributed by atoms with Crippen LogP contribution in [0.25, 0.3) is 22.0 Å². The highest BCUT2D eigenvalue weighted by Crippen LogP contribution is 2.34. The zero-order chi connectivity index (χ0) is 22.0. The lowest BCUT2D eigenvalue weighted by molar-refractivity contribution is 0.0695. The Kier molecular flexibility index (Phi) is 5.24. The maximum atomic E-state index is 13.2. The SMILES string of the molecule is COc1ccccc1-c1ccccc1NC(=O)n1cc(C(=O)O)c(=O)c2ccccc21. The van der Waals surface area contributed by atoms with Gasteiger partial charge in [-0.2, -0.15) is 0 Å². The number of aromatic nitrogens is 1. The maximum Gasteiger partial charge on any atom is 0.341 e. The summed E-state index contributed by atoms with van der Waals surface area (Å²) in [7, 11) is 1.57. The number of ether oxygens (including phenoxy) is 1. The number of para-hydroxylation sites is 3. The first-order valence-electron chi connectivity index (χ1n) is 9.42. The van der Waals surface area contributed by atoms with Crippen LogP contribution < -0.4 is 15.5 Å². The molecule has 0 aliphatic heterocycles. The highest BCUT2D eigenvalue weighted by atomic mass is 16.5. The molecule has 7 nitrogen and oxygen atoms in total. The van der Waals surface area contributed by atoms with Gasteiger partial charge < -0.3 is 15.2 Å². The molecule has 4 rings (SSSR count). The minimum atomic E-state index is -1.40. The topological polar surface area (TPSA) is 97.6 Å². The van der Waals surface area contributed by atoms with Gasteiger partial charge in [-0.15, -0.1) is 0 Å². The first-order valence-corrected chi connectivity index (χ1v) is 9.42. The second kappa shape index (κ2) is 8.16. The van der Waals surface area contributed by atoms with Crippen LogP contribution in [0.15, 0.2) is 83.8 Å². The Morgan fingerprint density at radius 1 is 0.903 bits per heavy atom. The van der Waals surface area contributed by atoms with Crippen LogP contribution in [0.2, 0.25) is 0 Å². The van der Waals surface area contributed by atoms with Gasteiger partial charge in [-0.3, -0.25) is 9.36 Å². The van der Waals surface area contributed by atoms with Gasteiger partial charge in [0.05, 0.1) is 18.3 Å². The van der Waals surface area contributed by atoms with Gasteiger partial charge in [0.25, 0.3) is 0 Å². The number of aromatic carboxylic acids is 1. The van der Waals surface area contributed by atoms with E-state index in [-0.39, 0.29) is 5.39 Å². The number of hydrogen-bond donors (Lipinski definition) is 2. The standard InChI is InChI=1S/C24H18N2O5/c1-31-21-13-7-4-9-16(21)15-8-2-5-11-19(15)25-24(30)26-14-18(23(28)29)22(27)17-10-3-6-12-20(17)26/h2-14H,1H3,(H,25,30)(H,28,29). The normalized spacial score (nSPS) is 10.6. The summed E-state index contributed by atoms with van der Waals surface area (Å²) < 4.78 is 6.58. The van der Waals surface area contributed by atoms with Crippen LogP contribution in [0.4, 0.5) is 10.5 Å². The van der Waals surface area contributed by atoms with Gasteiger partial charge >= 0.3 is 12.0 Å². The molecule has 0 saturated heterocycles. The van der Waals surface area contributed by atoms with E-state index in [1.165, 1.54) is 6.07 Å². The molecule has 0 saturated carbocycles. The second-order valence-corrected chi connectivity index (χ2v) is 6.74. The Bertz CT molecular complexity index is 1370. The third-order valence-electron chi connectivity index (χ3n) is 4.93. The van der Waals surface area contributed by atoms with Crippen LogP contribution in [0.1, 0.15) is 10.4 Å². The Morgan fingerprint density at radius 2 is 1.55 bits per heavy atom. The number of rotatable bonds is 4. The number of benzene rings is 3. The quantitative estimate of drug-likeness (QED) is 0.514. The number of carbonyl (C=O) groups is 2. The van der Waals surface area contributed by atoms with Crippen molar-refractivity contribution in [2.75, 3.05) is 12.4 Å². The third kappa shape index (κ3) is 3.64. The average molecular weight is 414 g/mol. The lowest BCUT2D eigenvalue weighted by atomic mass is 10.0. The summed E-state index contributed by atoms with van der Waals surface area (Å²) in [5.74, 6) is -0.752. The number of amides is 1. The van der Waals surface area contributed by atoms with E-state index in [1.807, 2.05) is 36.4 Å². The highest BCUT2D eigenvalue weighted by Gasteiger charge is 2.19. The molecular formula is C24H18N2O5. The minimum Gasteiger partial charge on any atom is -0.496 e. The number of hydrogen-bond acceptors (Lipinski definition) is 4. The summed E-state index contributed by atoms with van der Waals surface area (Å²) in [5, 5.41) is 12.4. The largest absolute Gasteiger partial charge is 0.496 e. The molecule has 0 bridgehead atoms. The second-order valence-electron chi connectivity index (χ2n) is 6.74. The van der Waals surface area contributed by atoms with Gasteiger partial charge in [-0.1, -0.05) is 48.5 Å². The summed E-state index contributed by atoms with van der Waals surface area (Å²) in [6, 6.07) is 20.4. The summed E-state index contributed by atoms with van der Waals surface area (Å²) in [5.41, 5.74) is 1.23. The lowest BCUT2D eigenvalue weighted by Gasteiger charge is -2.16. The van der Waals surface area contributed by atoms with Crippen LogP contribution in [-0.4, -0.2) is 28.8 Å². The van der Waals surface area contributed by atoms with Gasteiger partial charge in [0, 0.05) is 22.7 Å². The zero-order valence-electron chi connectivity index (χ0n) is 16.5. The first kappa shape index (κ1) is 19.9. The van der Waals surface area contributed by atoms with E-state index in [1.54, 1.807) is 37.4 Å². The van der Waals surface area contributed by atoms with Gasteiger partial charge in [0.15, 0.2) is 0 Å². The van der Waals surface area contributed by atoms with Crippen molar-refractivity contribution < 1.29 is 19.4 Å². The molecule has 0 fully saturated rings. The Hall–Kier alpha value is -4.39. The lowest BCUT2D eigenvalue weighted by Crippen LogP contribution is -2.25. The number of pyridine rings is 1. The fourth-order valence-corrected chi connectivity index (χ4v) is 3.47. The van der Waals surface area contributed by atoms with E-state index in [9.17, 15) is 19.5 Å². The van der Waals surface area contributed by atoms with Crippen LogP contribution in [0, 0.1) is 0 Å². The number of methoxy groups -OCH3 is 1. The highest BCUT2D eigenvalue weighted by molar-refractivity contribution is 6.02. The molecule has 31 heavy (non-hydrogen) atoms. The van der Waals surface area contributed by atoms with E-state index in [0.29, 0.717) is 17.0 Å². The van der Waals surface area contributed by atoms with Crippen molar-refractivity contribution in [2.45, 2.75) is 0 Å². The van der Waals surface area contributed by atoms with Crippen molar-refractivity contribution >= 4 is 28.6 Å². The molecule has 2 N–H and O–H groups in total. The number of carbonyl (C=O) groups excluding carboxylic acids is 1. The zero-order valence-corrected chi connectivity index (χ0v) is 16.5. The fourth-order valence-electron chi connectivity index (χ4n) is 3.47. The van der Waals surface area contributed by atoms with Gasteiger partial charge in [-0.05, 0) is 24.3 Å². The number of carboxylic acid groups (broad SMARTS) is 1. The van der Waals surface area contributed by atoms with Gasteiger partial charge in [0.1, 0.15) is 11.3 Å². The van der Waals surface area contributed by atoms with E-state index < -0.39 is 23.0 Å². The molecule has 7 heteroatoms. The van der Waals surface area contributed by atoms with Gasteiger partial charge in [-0.25, -0.2) is 9.59 Å². The smallest absolute Gasteiger partial charge is 0.341 e. The molecular weight excluding hydrogens is 396 g/mol. The number of nitrogens with one attached hydrogen (secondary N) is 1. The number of fused-ring (bicyclic) bond motifs is 1. The predicted molar refractivity (Wildman–Crippen MR) is 118 cm³/mol.